The van der Waals surface area contributed by atoms with Gasteiger partial charge in [0.15, 0.2) is 0 Å². The maximum atomic E-state index is 11.3. The lowest BCUT2D eigenvalue weighted by molar-refractivity contribution is -0.139. The van der Waals surface area contributed by atoms with Gasteiger partial charge in [0.05, 0.1) is 17.6 Å². The quantitative estimate of drug-likeness (QED) is 0.762. The van der Waals surface area contributed by atoms with Crippen LogP contribution < -0.4 is 0 Å². The van der Waals surface area contributed by atoms with E-state index in [1.807, 2.05) is 37.3 Å². The molecule has 2 rings (SSSR count). The van der Waals surface area contributed by atoms with Crippen molar-refractivity contribution in [2.75, 3.05) is 12.4 Å². The van der Waals surface area contributed by atoms with Gasteiger partial charge in [-0.25, -0.2) is 0 Å². The van der Waals surface area contributed by atoms with Crippen molar-refractivity contribution in [3.63, 3.8) is 0 Å². The van der Waals surface area contributed by atoms with Crippen molar-refractivity contribution in [2.24, 2.45) is 0 Å². The van der Waals surface area contributed by atoms with Crippen LogP contribution in [0.25, 0.3) is 11.4 Å². The average Bonchev–Trinajstić information content (AvgIpc) is 2.96. The van der Waals surface area contributed by atoms with E-state index in [4.69, 9.17) is 9.26 Å². The lowest BCUT2D eigenvalue weighted by Crippen LogP contribution is -2.07. The number of ether oxygens (including phenoxy) is 1. The lowest BCUT2D eigenvalue weighted by Gasteiger charge is -2.05. The summed E-state index contributed by atoms with van der Waals surface area (Å²) in [4.78, 5) is 15.6. The van der Waals surface area contributed by atoms with Crippen molar-refractivity contribution >= 4 is 17.7 Å². The zero-order valence-electron chi connectivity index (χ0n) is 11.4. The first-order valence-electron chi connectivity index (χ1n) is 6.37. The molecule has 1 aromatic heterocycles. The van der Waals surface area contributed by atoms with E-state index in [-0.39, 0.29) is 17.0 Å². The molecule has 0 saturated heterocycles. The highest BCUT2D eigenvalue weighted by molar-refractivity contribution is 8.00. The molecule has 1 unspecified atom stereocenters. The Balaban J connectivity index is 1.96. The Hall–Kier alpha value is -1.82. The molecule has 1 heterocycles. The summed E-state index contributed by atoms with van der Waals surface area (Å²) in [6.07, 6.45) is 0. The molecule has 1 atom stereocenters. The van der Waals surface area contributed by atoms with Crippen LogP contribution >= 0.6 is 11.8 Å². The second kappa shape index (κ2) is 7.09. The van der Waals surface area contributed by atoms with E-state index in [9.17, 15) is 4.79 Å². The van der Waals surface area contributed by atoms with E-state index in [0.29, 0.717) is 18.3 Å². The predicted octanol–water partition coefficient (Wildman–Crippen LogP) is 3.09. The fraction of sp³-hybridized carbons (Fsp3) is 0.357. The molecule has 0 fully saturated rings. The van der Waals surface area contributed by atoms with Crippen molar-refractivity contribution in [3.8, 4) is 11.4 Å². The van der Waals surface area contributed by atoms with Gasteiger partial charge in [0.2, 0.25) is 11.7 Å². The molecule has 0 spiro atoms. The first-order valence-corrected chi connectivity index (χ1v) is 7.41. The SMILES string of the molecule is CCOC(=O)CSC(C)c1nc(-c2ccccc2)no1. The largest absolute Gasteiger partial charge is 0.465 e. The van der Waals surface area contributed by atoms with Crippen LogP contribution in [-0.4, -0.2) is 28.5 Å². The van der Waals surface area contributed by atoms with Gasteiger partial charge in [0, 0.05) is 5.56 Å². The van der Waals surface area contributed by atoms with E-state index in [2.05, 4.69) is 10.1 Å². The minimum Gasteiger partial charge on any atom is -0.465 e. The molecule has 0 amide bonds. The number of thioether (sulfide) groups is 1. The number of carbonyl (C=O) groups is 1. The first kappa shape index (κ1) is 14.6. The molecule has 0 aliphatic carbocycles. The van der Waals surface area contributed by atoms with Gasteiger partial charge in [-0.05, 0) is 13.8 Å². The summed E-state index contributed by atoms with van der Waals surface area (Å²) in [6.45, 7) is 4.11. The fourth-order valence-corrected chi connectivity index (χ4v) is 2.28. The number of nitrogens with zero attached hydrogens (tertiary/aromatic N) is 2. The van der Waals surface area contributed by atoms with Crippen LogP contribution in [0.15, 0.2) is 34.9 Å². The molecule has 1 aromatic carbocycles. The van der Waals surface area contributed by atoms with Gasteiger partial charge in [0.25, 0.3) is 0 Å². The minimum absolute atomic E-state index is 0.0515. The van der Waals surface area contributed by atoms with Gasteiger partial charge in [-0.1, -0.05) is 35.5 Å². The maximum Gasteiger partial charge on any atom is 0.315 e. The second-order valence-electron chi connectivity index (χ2n) is 4.08. The van der Waals surface area contributed by atoms with E-state index in [0.717, 1.165) is 5.56 Å². The minimum atomic E-state index is -0.229. The Morgan fingerprint density at radius 2 is 2.15 bits per heavy atom. The average molecular weight is 292 g/mol. The van der Waals surface area contributed by atoms with Crippen LogP contribution in [0.5, 0.6) is 0 Å². The van der Waals surface area contributed by atoms with Crippen LogP contribution in [0.3, 0.4) is 0 Å². The zero-order chi connectivity index (χ0) is 14.4. The van der Waals surface area contributed by atoms with Crippen LogP contribution in [0.4, 0.5) is 0 Å². The molecule has 20 heavy (non-hydrogen) atoms. The first-order chi connectivity index (χ1) is 9.70. The summed E-state index contributed by atoms with van der Waals surface area (Å²) in [5, 5.41) is 3.90. The van der Waals surface area contributed by atoms with E-state index >= 15 is 0 Å². The number of benzene rings is 1. The number of esters is 1. The topological polar surface area (TPSA) is 65.2 Å². The van der Waals surface area contributed by atoms with Crippen molar-refractivity contribution in [2.45, 2.75) is 19.1 Å². The van der Waals surface area contributed by atoms with Gasteiger partial charge < -0.3 is 9.26 Å². The number of hydrogen-bond donors (Lipinski definition) is 0. The highest BCUT2D eigenvalue weighted by Gasteiger charge is 2.17. The Morgan fingerprint density at radius 1 is 1.40 bits per heavy atom. The molecule has 2 aromatic rings. The molecule has 6 heteroatoms. The second-order valence-corrected chi connectivity index (χ2v) is 5.41. The highest BCUT2D eigenvalue weighted by Crippen LogP contribution is 2.28. The molecule has 0 aliphatic heterocycles. The van der Waals surface area contributed by atoms with Crippen LogP contribution in [0.1, 0.15) is 25.0 Å². The standard InChI is InChI=1S/C14H16N2O3S/c1-3-18-12(17)9-20-10(2)14-15-13(16-19-14)11-7-5-4-6-8-11/h4-8,10H,3,9H2,1-2H3. The molecule has 0 bridgehead atoms. The molecule has 0 N–H and O–H groups in total. The van der Waals surface area contributed by atoms with Crippen molar-refractivity contribution in [1.29, 1.82) is 0 Å². The zero-order valence-corrected chi connectivity index (χ0v) is 12.2. The molecule has 5 nitrogen and oxygen atoms in total. The highest BCUT2D eigenvalue weighted by atomic mass is 32.2. The van der Waals surface area contributed by atoms with Crippen molar-refractivity contribution in [1.82, 2.24) is 10.1 Å². The Morgan fingerprint density at radius 3 is 2.85 bits per heavy atom. The molecule has 106 valence electrons. The van der Waals surface area contributed by atoms with Gasteiger partial charge >= 0.3 is 5.97 Å². The number of aromatic nitrogens is 2. The summed E-state index contributed by atoms with van der Waals surface area (Å²) in [7, 11) is 0. The number of hydrogen-bond acceptors (Lipinski definition) is 6. The van der Waals surface area contributed by atoms with Gasteiger partial charge in [0.1, 0.15) is 0 Å². The fourth-order valence-electron chi connectivity index (χ4n) is 1.57. The van der Waals surface area contributed by atoms with Gasteiger partial charge in [-0.3, -0.25) is 4.79 Å². The third-order valence-electron chi connectivity index (χ3n) is 2.58. The summed E-state index contributed by atoms with van der Waals surface area (Å²) in [5.74, 6) is 1.12. The summed E-state index contributed by atoms with van der Waals surface area (Å²) >= 11 is 1.42. The van der Waals surface area contributed by atoms with Gasteiger partial charge in [-0.2, -0.15) is 4.98 Å². The molecular weight excluding hydrogens is 276 g/mol. The van der Waals surface area contributed by atoms with Gasteiger partial charge in [-0.15, -0.1) is 11.8 Å². The van der Waals surface area contributed by atoms with E-state index in [1.54, 1.807) is 6.92 Å². The molecule has 0 aliphatic rings. The Labute approximate surface area is 121 Å². The Kier molecular flexibility index (Phi) is 5.17. The van der Waals surface area contributed by atoms with Crippen LogP contribution in [-0.2, 0) is 9.53 Å². The molecule has 0 radical (unpaired) electrons. The number of carbonyl (C=O) groups excluding carboxylic acids is 1. The molecule has 0 saturated carbocycles. The maximum absolute atomic E-state index is 11.3. The summed E-state index contributed by atoms with van der Waals surface area (Å²) in [5.41, 5.74) is 0.907. The number of rotatable bonds is 6. The van der Waals surface area contributed by atoms with Crippen molar-refractivity contribution < 1.29 is 14.1 Å². The van der Waals surface area contributed by atoms with Crippen LogP contribution in [0.2, 0.25) is 0 Å². The van der Waals surface area contributed by atoms with E-state index in [1.165, 1.54) is 11.8 Å². The third-order valence-corrected chi connectivity index (χ3v) is 3.68. The smallest absolute Gasteiger partial charge is 0.315 e. The normalized spacial score (nSPS) is 12.1. The third kappa shape index (κ3) is 3.84. The van der Waals surface area contributed by atoms with E-state index < -0.39 is 0 Å². The molecular formula is C14H16N2O3S. The summed E-state index contributed by atoms with van der Waals surface area (Å²) < 4.78 is 10.1. The van der Waals surface area contributed by atoms with Crippen molar-refractivity contribution in [3.05, 3.63) is 36.2 Å². The Bertz CT molecular complexity index is 557. The monoisotopic (exact) mass is 292 g/mol. The van der Waals surface area contributed by atoms with Crippen LogP contribution in [0, 0.1) is 0 Å². The lowest BCUT2D eigenvalue weighted by atomic mass is 10.2. The predicted molar refractivity (Wildman–Crippen MR) is 77.2 cm³/mol. The summed E-state index contributed by atoms with van der Waals surface area (Å²) in [6, 6.07) is 9.62.